The van der Waals surface area contributed by atoms with Gasteiger partial charge in [-0.15, -0.1) is 0 Å². The summed E-state index contributed by atoms with van der Waals surface area (Å²) in [5.41, 5.74) is 3.58. The number of imidazole rings is 1. The molecule has 0 unspecified atom stereocenters. The number of hydrogen-bond acceptors (Lipinski definition) is 4. The zero-order chi connectivity index (χ0) is 18.8. The zero-order valence-corrected chi connectivity index (χ0v) is 16.7. The molecule has 0 spiro atoms. The van der Waals surface area contributed by atoms with Crippen molar-refractivity contribution in [3.8, 4) is 11.5 Å². The number of anilines is 1. The van der Waals surface area contributed by atoms with Crippen molar-refractivity contribution in [3.05, 3.63) is 51.9 Å². The maximum absolute atomic E-state index is 13.0. The molecule has 7 heteroatoms. The Morgan fingerprint density at radius 2 is 2.04 bits per heavy atom. The van der Waals surface area contributed by atoms with Crippen molar-refractivity contribution in [3.63, 3.8) is 0 Å². The quantitative estimate of drug-likeness (QED) is 0.674. The number of carbonyl (C=O) groups excluding carboxylic acids is 1. The number of ether oxygens (including phenoxy) is 2. The average molecular weight is 418 g/mol. The summed E-state index contributed by atoms with van der Waals surface area (Å²) in [4.78, 5) is 17.6. The van der Waals surface area contributed by atoms with E-state index in [2.05, 4.69) is 26.2 Å². The number of aryl methyl sites for hydroxylation is 2. The summed E-state index contributed by atoms with van der Waals surface area (Å²) in [6.07, 6.45) is 2.56. The number of fused-ring (bicyclic) bond motifs is 1. The highest BCUT2D eigenvalue weighted by Crippen LogP contribution is 2.30. The van der Waals surface area contributed by atoms with Gasteiger partial charge < -0.3 is 14.8 Å². The van der Waals surface area contributed by atoms with Crippen LogP contribution >= 0.6 is 15.9 Å². The molecule has 136 valence electrons. The molecule has 0 aliphatic rings. The number of nitrogens with zero attached hydrogens (tertiary/aromatic N) is 2. The van der Waals surface area contributed by atoms with Crippen molar-refractivity contribution in [1.29, 1.82) is 0 Å². The first-order chi connectivity index (χ1) is 12.5. The van der Waals surface area contributed by atoms with E-state index in [1.807, 2.05) is 30.5 Å². The lowest BCUT2D eigenvalue weighted by molar-refractivity contribution is 0.102. The largest absolute Gasteiger partial charge is 0.497 e. The second kappa shape index (κ2) is 7.37. The molecule has 3 rings (SSSR count). The molecule has 0 aliphatic carbocycles. The second-order valence-electron chi connectivity index (χ2n) is 5.84. The van der Waals surface area contributed by atoms with Crippen LogP contribution in [0.3, 0.4) is 0 Å². The number of halogens is 1. The van der Waals surface area contributed by atoms with Gasteiger partial charge >= 0.3 is 0 Å². The first-order valence-electron chi connectivity index (χ1n) is 8.19. The molecular weight excluding hydrogens is 398 g/mol. The van der Waals surface area contributed by atoms with Crippen molar-refractivity contribution < 1.29 is 14.3 Å². The fourth-order valence-corrected chi connectivity index (χ4v) is 3.49. The number of hydrogen-bond donors (Lipinski definition) is 1. The van der Waals surface area contributed by atoms with E-state index in [9.17, 15) is 4.79 Å². The molecule has 2 aromatic heterocycles. The molecule has 0 atom stereocenters. The van der Waals surface area contributed by atoms with Gasteiger partial charge in [-0.1, -0.05) is 6.92 Å². The Labute approximate surface area is 160 Å². The van der Waals surface area contributed by atoms with Gasteiger partial charge in [-0.2, -0.15) is 0 Å². The van der Waals surface area contributed by atoms with Crippen molar-refractivity contribution in [2.45, 2.75) is 20.3 Å². The van der Waals surface area contributed by atoms with Crippen LogP contribution < -0.4 is 14.8 Å². The van der Waals surface area contributed by atoms with E-state index in [1.165, 1.54) is 0 Å². The first-order valence-corrected chi connectivity index (χ1v) is 8.98. The third kappa shape index (κ3) is 3.26. The number of amides is 1. The van der Waals surface area contributed by atoms with Gasteiger partial charge in [0, 0.05) is 12.3 Å². The number of nitrogens with one attached hydrogen (secondary N) is 1. The van der Waals surface area contributed by atoms with Crippen LogP contribution in [-0.4, -0.2) is 29.5 Å². The second-order valence-corrected chi connectivity index (χ2v) is 6.69. The molecule has 0 fully saturated rings. The molecule has 1 amide bonds. The Hall–Kier alpha value is -2.54. The minimum atomic E-state index is -0.240. The van der Waals surface area contributed by atoms with Crippen molar-refractivity contribution >= 4 is 33.2 Å². The normalized spacial score (nSPS) is 10.8. The summed E-state index contributed by atoms with van der Waals surface area (Å²) in [7, 11) is 3.13. The fourth-order valence-electron chi connectivity index (χ4n) is 2.85. The van der Waals surface area contributed by atoms with Crippen LogP contribution in [0.5, 0.6) is 11.5 Å². The molecule has 0 saturated heterocycles. The van der Waals surface area contributed by atoms with Crippen LogP contribution in [0.4, 0.5) is 5.69 Å². The van der Waals surface area contributed by atoms with E-state index in [0.717, 1.165) is 21.4 Å². The highest BCUT2D eigenvalue weighted by atomic mass is 79.9. The Balaban J connectivity index is 2.06. The van der Waals surface area contributed by atoms with Gasteiger partial charge in [0.25, 0.3) is 5.91 Å². The van der Waals surface area contributed by atoms with E-state index < -0.39 is 0 Å². The highest BCUT2D eigenvalue weighted by Gasteiger charge is 2.21. The molecular formula is C19H20BrN3O3. The predicted octanol–water partition coefficient (Wildman–Crippen LogP) is 4.24. The summed E-state index contributed by atoms with van der Waals surface area (Å²) in [5.74, 6) is 0.945. The third-order valence-corrected chi connectivity index (χ3v) is 4.67. The van der Waals surface area contributed by atoms with Gasteiger partial charge in [0.15, 0.2) is 5.65 Å². The Kier molecular flexibility index (Phi) is 5.18. The number of rotatable bonds is 5. The molecule has 1 N–H and O–H groups in total. The third-order valence-electron chi connectivity index (χ3n) is 4.09. The van der Waals surface area contributed by atoms with E-state index in [0.29, 0.717) is 29.3 Å². The van der Waals surface area contributed by atoms with Crippen molar-refractivity contribution in [2.75, 3.05) is 19.5 Å². The van der Waals surface area contributed by atoms with Gasteiger partial charge in [0.05, 0.1) is 30.1 Å². The molecule has 26 heavy (non-hydrogen) atoms. The number of aromatic nitrogens is 2. The summed E-state index contributed by atoms with van der Waals surface area (Å²) < 4.78 is 13.2. The highest BCUT2D eigenvalue weighted by molar-refractivity contribution is 9.10. The number of benzene rings is 1. The van der Waals surface area contributed by atoms with Crippen molar-refractivity contribution in [1.82, 2.24) is 9.38 Å². The molecule has 6 nitrogen and oxygen atoms in total. The Bertz CT molecular complexity index is 982. The topological polar surface area (TPSA) is 64.9 Å². The molecule has 0 aliphatic heterocycles. The lowest BCUT2D eigenvalue weighted by Crippen LogP contribution is -2.17. The van der Waals surface area contributed by atoms with Crippen LogP contribution in [0.15, 0.2) is 34.9 Å². The van der Waals surface area contributed by atoms with Gasteiger partial charge in [0.2, 0.25) is 0 Å². The van der Waals surface area contributed by atoms with Gasteiger partial charge in [-0.05, 0) is 53.0 Å². The predicted molar refractivity (Wildman–Crippen MR) is 105 cm³/mol. The standard InChI is InChI=1S/C19H20BrN3O3/c1-5-14-17(23-10-11(2)8-13(20)18(23)21-14)19(24)22-15-7-6-12(25-3)9-16(15)26-4/h6-10H,5H2,1-4H3,(H,22,24). The molecule has 2 heterocycles. The van der Waals surface area contributed by atoms with Gasteiger partial charge in [-0.3, -0.25) is 9.20 Å². The first kappa shape index (κ1) is 18.3. The van der Waals surface area contributed by atoms with Crippen LogP contribution in [0.25, 0.3) is 5.65 Å². The number of pyridine rings is 1. The Morgan fingerprint density at radius 1 is 1.27 bits per heavy atom. The summed E-state index contributed by atoms with van der Waals surface area (Å²) >= 11 is 3.53. The van der Waals surface area contributed by atoms with E-state index >= 15 is 0 Å². The zero-order valence-electron chi connectivity index (χ0n) is 15.1. The monoisotopic (exact) mass is 417 g/mol. The van der Waals surface area contributed by atoms with Crippen LogP contribution in [0.1, 0.15) is 28.7 Å². The van der Waals surface area contributed by atoms with Gasteiger partial charge in [-0.25, -0.2) is 4.98 Å². The maximum Gasteiger partial charge on any atom is 0.274 e. The summed E-state index contributed by atoms with van der Waals surface area (Å²) in [5, 5.41) is 2.93. The number of carbonyl (C=O) groups is 1. The lowest BCUT2D eigenvalue weighted by Gasteiger charge is -2.12. The molecule has 0 radical (unpaired) electrons. The molecule has 0 bridgehead atoms. The molecule has 1 aromatic carbocycles. The number of methoxy groups -OCH3 is 2. The molecule has 3 aromatic rings. The minimum Gasteiger partial charge on any atom is -0.497 e. The minimum absolute atomic E-state index is 0.240. The smallest absolute Gasteiger partial charge is 0.274 e. The lowest BCUT2D eigenvalue weighted by atomic mass is 10.2. The van der Waals surface area contributed by atoms with E-state index in [-0.39, 0.29) is 5.91 Å². The summed E-state index contributed by atoms with van der Waals surface area (Å²) in [6, 6.07) is 7.24. The van der Waals surface area contributed by atoms with Gasteiger partial charge in [0.1, 0.15) is 17.2 Å². The Morgan fingerprint density at radius 3 is 2.69 bits per heavy atom. The average Bonchev–Trinajstić information content (AvgIpc) is 3.00. The van der Waals surface area contributed by atoms with Crippen LogP contribution in [0, 0.1) is 6.92 Å². The maximum atomic E-state index is 13.0. The SMILES string of the molecule is CCc1nc2c(Br)cc(C)cn2c1C(=O)Nc1ccc(OC)cc1OC. The van der Waals surface area contributed by atoms with Crippen LogP contribution in [0.2, 0.25) is 0 Å². The fraction of sp³-hybridized carbons (Fsp3) is 0.263. The van der Waals surface area contributed by atoms with Crippen molar-refractivity contribution in [2.24, 2.45) is 0 Å². The van der Waals surface area contributed by atoms with E-state index in [1.54, 1.807) is 32.4 Å². The summed E-state index contributed by atoms with van der Waals surface area (Å²) in [6.45, 7) is 3.96. The van der Waals surface area contributed by atoms with E-state index in [4.69, 9.17) is 9.47 Å². The van der Waals surface area contributed by atoms with Crippen LogP contribution in [-0.2, 0) is 6.42 Å². The molecule has 0 saturated carbocycles.